The van der Waals surface area contributed by atoms with Gasteiger partial charge in [-0.3, -0.25) is 4.79 Å². The van der Waals surface area contributed by atoms with Gasteiger partial charge in [-0.15, -0.1) is 0 Å². The molecule has 0 radical (unpaired) electrons. The van der Waals surface area contributed by atoms with Gasteiger partial charge < -0.3 is 89.9 Å². The lowest BCUT2D eigenvalue weighted by Gasteiger charge is -2.48. The van der Waals surface area contributed by atoms with Crippen molar-refractivity contribution in [2.45, 2.75) is 420 Å². The van der Waals surface area contributed by atoms with E-state index in [1.54, 1.807) is 6.08 Å². The summed E-state index contributed by atoms with van der Waals surface area (Å²) in [6.07, 6.45) is 60.0. The Bertz CT molecular complexity index is 2210. The van der Waals surface area contributed by atoms with E-state index in [-0.39, 0.29) is 18.9 Å². The number of carbonyl (C=O) groups is 1. The molecule has 3 saturated heterocycles. The summed E-state index contributed by atoms with van der Waals surface area (Å²) in [5.41, 5.74) is 0. The van der Waals surface area contributed by atoms with E-state index in [9.17, 15) is 61.0 Å². The number of aliphatic hydroxyl groups is 11. The van der Waals surface area contributed by atoms with E-state index < -0.39 is 124 Å². The van der Waals surface area contributed by atoms with Gasteiger partial charge in [0, 0.05) is 6.42 Å². The Hall–Kier alpha value is -3.03. The van der Waals surface area contributed by atoms with Crippen molar-refractivity contribution in [1.82, 2.24) is 5.32 Å². The molecular weight excluding hydrogens is 1320 g/mol. The maximum Gasteiger partial charge on any atom is 0.220 e. The second-order valence-electron chi connectivity index (χ2n) is 29.6. The highest BCUT2D eigenvalue weighted by Gasteiger charge is 2.54. The van der Waals surface area contributed by atoms with Crippen LogP contribution < -0.4 is 5.32 Å². The molecule has 3 aliphatic rings. The molecule has 0 bridgehead atoms. The quantitative estimate of drug-likeness (QED) is 0.0199. The third kappa shape index (κ3) is 44.0. The number of hydrogen-bond donors (Lipinski definition) is 12. The van der Waals surface area contributed by atoms with E-state index in [4.69, 9.17) is 28.4 Å². The third-order valence-corrected chi connectivity index (χ3v) is 20.4. The minimum Gasteiger partial charge on any atom is -0.394 e. The van der Waals surface area contributed by atoms with E-state index >= 15 is 0 Å². The molecule has 0 aromatic carbocycles. The van der Waals surface area contributed by atoms with Crippen LogP contribution in [-0.2, 0) is 33.2 Å². The fourth-order valence-electron chi connectivity index (χ4n) is 13.8. The van der Waals surface area contributed by atoms with Gasteiger partial charge >= 0.3 is 0 Å². The second-order valence-corrected chi connectivity index (χ2v) is 29.6. The van der Waals surface area contributed by atoms with Crippen LogP contribution in [-0.4, -0.2) is 193 Å². The van der Waals surface area contributed by atoms with Gasteiger partial charge in [-0.1, -0.05) is 317 Å². The standard InChI is InChI=1S/C85H151NO18/c1-3-5-7-9-11-13-15-17-19-21-23-25-27-29-31-33-34-35-37-39-41-43-45-47-49-51-53-55-57-59-61-63-73(91)86-68(69(90)62-60-58-56-54-52-50-48-46-44-42-40-38-36-32-30-28-26-24-22-20-18-16-14-12-10-8-6-4-2)67-99-83-79(97)76(94)81(71(65-88)101-83)104-85-80(98)77(95)82(72(66-89)102-85)103-84-78(96)75(93)74(92)70(64-87)100-84/h5,7,11,13,17,19,23,25,29,31,52,54,60,62,68-72,74-85,87-90,92-98H,3-4,6,8-10,12,14-16,18,20-22,24,26-28,30,32-51,53,55-59,61,63-67H2,1-2H3,(H,86,91)/b7-5-,13-11-,19-17-,25-23-,31-29-,54-52+,62-60+. The highest BCUT2D eigenvalue weighted by Crippen LogP contribution is 2.33. The predicted molar refractivity (Wildman–Crippen MR) is 415 cm³/mol. The molecule has 0 saturated carbocycles. The number of hydrogen-bond acceptors (Lipinski definition) is 18. The Morgan fingerprint density at radius 1 is 0.356 bits per heavy atom. The molecule has 104 heavy (non-hydrogen) atoms. The Balaban J connectivity index is 1.37. The number of ether oxygens (including phenoxy) is 6. The molecular formula is C85H151NO18. The van der Waals surface area contributed by atoms with Crippen LogP contribution in [0, 0.1) is 0 Å². The fraction of sp³-hybridized carbons (Fsp3) is 0.824. The normalized spacial score (nSPS) is 26.3. The number of allylic oxidation sites excluding steroid dienone is 13. The summed E-state index contributed by atoms with van der Waals surface area (Å²) in [5, 5.41) is 121. The van der Waals surface area contributed by atoms with Crippen LogP contribution >= 0.6 is 0 Å². The predicted octanol–water partition coefficient (Wildman–Crippen LogP) is 14.6. The van der Waals surface area contributed by atoms with Crippen LogP contribution in [0.2, 0.25) is 0 Å². The second kappa shape index (κ2) is 64.8. The van der Waals surface area contributed by atoms with Crippen molar-refractivity contribution in [2.75, 3.05) is 26.4 Å². The Kier molecular flexibility index (Phi) is 59.3. The molecule has 3 rings (SSSR count). The minimum atomic E-state index is -1.98. The summed E-state index contributed by atoms with van der Waals surface area (Å²) >= 11 is 0. The van der Waals surface area contributed by atoms with Crippen LogP contribution in [0.3, 0.4) is 0 Å². The number of carbonyl (C=O) groups excluding carboxylic acids is 1. The summed E-state index contributed by atoms with van der Waals surface area (Å²) in [5.74, 6) is -0.284. The molecule has 19 heteroatoms. The molecule has 604 valence electrons. The van der Waals surface area contributed by atoms with Crippen LogP contribution in [0.1, 0.15) is 316 Å². The van der Waals surface area contributed by atoms with Crippen molar-refractivity contribution in [3.63, 3.8) is 0 Å². The molecule has 0 spiro atoms. The van der Waals surface area contributed by atoms with Crippen LogP contribution in [0.15, 0.2) is 85.1 Å². The first-order valence-corrected chi connectivity index (χ1v) is 41.8. The number of aliphatic hydroxyl groups excluding tert-OH is 11. The highest BCUT2D eigenvalue weighted by molar-refractivity contribution is 5.76. The van der Waals surface area contributed by atoms with Crippen LogP contribution in [0.4, 0.5) is 0 Å². The van der Waals surface area contributed by atoms with Crippen molar-refractivity contribution < 1.29 is 89.4 Å². The van der Waals surface area contributed by atoms with Gasteiger partial charge in [0.05, 0.1) is 38.6 Å². The van der Waals surface area contributed by atoms with Crippen LogP contribution in [0.5, 0.6) is 0 Å². The number of amides is 1. The van der Waals surface area contributed by atoms with Crippen molar-refractivity contribution >= 4 is 5.91 Å². The van der Waals surface area contributed by atoms with Gasteiger partial charge in [-0.05, 0) is 77.0 Å². The summed E-state index contributed by atoms with van der Waals surface area (Å²) in [4.78, 5) is 13.5. The fourth-order valence-corrected chi connectivity index (χ4v) is 13.8. The Labute approximate surface area is 629 Å². The summed E-state index contributed by atoms with van der Waals surface area (Å²) in [7, 11) is 0. The van der Waals surface area contributed by atoms with Crippen molar-refractivity contribution in [3.8, 4) is 0 Å². The molecule has 3 aliphatic heterocycles. The van der Waals surface area contributed by atoms with Crippen molar-refractivity contribution in [1.29, 1.82) is 0 Å². The first-order chi connectivity index (χ1) is 50.8. The highest BCUT2D eigenvalue weighted by atomic mass is 16.8. The molecule has 0 aromatic heterocycles. The van der Waals surface area contributed by atoms with E-state index in [2.05, 4.69) is 92.1 Å². The zero-order chi connectivity index (χ0) is 75.3. The molecule has 0 aromatic rings. The number of nitrogens with one attached hydrogen (secondary N) is 1. The third-order valence-electron chi connectivity index (χ3n) is 20.4. The smallest absolute Gasteiger partial charge is 0.220 e. The average molecular weight is 1480 g/mol. The van der Waals surface area contributed by atoms with Crippen LogP contribution in [0.25, 0.3) is 0 Å². The van der Waals surface area contributed by atoms with E-state index in [1.807, 2.05) is 6.08 Å². The SMILES string of the molecule is CC/C=C\C/C=C\C/C=C\C/C=C\C/C=C\CCCCCCCCCCCCCCCCCC(=O)NC(COC1OC(CO)C(OC2OC(CO)C(OC3OC(CO)C(O)C(O)C3O)C(O)C2O)C(O)C1O)C(O)/C=C/CC/C=C/CCCCCCCCCCCCCCCCCCCCCCCC. The molecule has 1 amide bonds. The molecule has 17 unspecified atom stereocenters. The number of rotatable bonds is 66. The maximum atomic E-state index is 13.5. The van der Waals surface area contributed by atoms with Gasteiger partial charge in [0.25, 0.3) is 0 Å². The van der Waals surface area contributed by atoms with Crippen molar-refractivity contribution in [3.05, 3.63) is 85.1 Å². The Morgan fingerprint density at radius 2 is 0.673 bits per heavy atom. The first-order valence-electron chi connectivity index (χ1n) is 41.8. The van der Waals surface area contributed by atoms with E-state index in [0.29, 0.717) is 12.8 Å². The lowest BCUT2D eigenvalue weighted by molar-refractivity contribution is -0.379. The molecule has 12 N–H and O–H groups in total. The zero-order valence-corrected chi connectivity index (χ0v) is 64.7. The monoisotopic (exact) mass is 1470 g/mol. The molecule has 0 aliphatic carbocycles. The topological polar surface area (TPSA) is 307 Å². The van der Waals surface area contributed by atoms with Gasteiger partial charge in [-0.2, -0.15) is 0 Å². The molecule has 19 nitrogen and oxygen atoms in total. The first kappa shape index (κ1) is 95.2. The van der Waals surface area contributed by atoms with E-state index in [0.717, 1.165) is 70.6 Å². The van der Waals surface area contributed by atoms with E-state index in [1.165, 1.54) is 212 Å². The summed E-state index contributed by atoms with van der Waals surface area (Å²) in [6, 6.07) is -0.996. The largest absolute Gasteiger partial charge is 0.394 e. The lowest BCUT2D eigenvalue weighted by Crippen LogP contribution is -2.66. The zero-order valence-electron chi connectivity index (χ0n) is 64.7. The van der Waals surface area contributed by atoms with Gasteiger partial charge in [0.1, 0.15) is 73.2 Å². The Morgan fingerprint density at radius 3 is 1.08 bits per heavy atom. The molecule has 3 heterocycles. The lowest BCUT2D eigenvalue weighted by atomic mass is 9.96. The average Bonchev–Trinajstić information content (AvgIpc) is 0.783. The number of unbranched alkanes of at least 4 members (excludes halogenated alkanes) is 38. The summed E-state index contributed by atoms with van der Waals surface area (Å²) < 4.78 is 34.5. The van der Waals surface area contributed by atoms with Gasteiger partial charge in [0.2, 0.25) is 5.91 Å². The maximum absolute atomic E-state index is 13.5. The summed E-state index contributed by atoms with van der Waals surface area (Å²) in [6.45, 7) is 1.64. The van der Waals surface area contributed by atoms with Gasteiger partial charge in [0.15, 0.2) is 18.9 Å². The van der Waals surface area contributed by atoms with Crippen molar-refractivity contribution in [2.24, 2.45) is 0 Å². The molecule has 3 fully saturated rings. The van der Waals surface area contributed by atoms with Gasteiger partial charge in [-0.25, -0.2) is 0 Å². The molecule has 17 atom stereocenters. The minimum absolute atomic E-state index is 0.232.